The van der Waals surface area contributed by atoms with E-state index in [4.69, 9.17) is 14.0 Å². The molecule has 3 atom stereocenters. The second-order valence-electron chi connectivity index (χ2n) is 10.1. The molecule has 9 heteroatoms. The van der Waals surface area contributed by atoms with Crippen molar-refractivity contribution in [2.75, 3.05) is 51.3 Å². The monoisotopic (exact) mass is 483 g/mol. The van der Waals surface area contributed by atoms with Crippen molar-refractivity contribution in [3.63, 3.8) is 0 Å². The number of hydrogen-bond acceptors (Lipinski definition) is 8. The number of methoxy groups -OCH3 is 1. The Morgan fingerprint density at radius 1 is 1.14 bits per heavy atom. The van der Waals surface area contributed by atoms with Crippen LogP contribution in [0.25, 0.3) is 11.4 Å². The summed E-state index contributed by atoms with van der Waals surface area (Å²) >= 11 is 0. The maximum absolute atomic E-state index is 12.8. The van der Waals surface area contributed by atoms with Gasteiger partial charge in [-0.15, -0.1) is 0 Å². The van der Waals surface area contributed by atoms with Crippen LogP contribution in [-0.2, 0) is 9.53 Å². The Morgan fingerprint density at radius 2 is 1.94 bits per heavy atom. The molecule has 3 fully saturated rings. The number of likely N-dealkylation sites (tertiary alicyclic amines) is 1. The van der Waals surface area contributed by atoms with E-state index in [-0.39, 0.29) is 11.8 Å². The summed E-state index contributed by atoms with van der Waals surface area (Å²) in [6.07, 6.45) is 5.37. The van der Waals surface area contributed by atoms with Crippen LogP contribution in [0.1, 0.15) is 39.0 Å². The molecule has 9 nitrogen and oxygen atoms in total. The Labute approximate surface area is 207 Å². The van der Waals surface area contributed by atoms with Crippen LogP contribution in [0.15, 0.2) is 28.8 Å². The molecule has 2 aromatic rings. The fraction of sp³-hybridized carbons (Fsp3) is 0.654. The van der Waals surface area contributed by atoms with E-state index in [1.165, 1.54) is 0 Å². The minimum atomic E-state index is 0.0454. The van der Waals surface area contributed by atoms with Crippen LogP contribution in [0.3, 0.4) is 0 Å². The van der Waals surface area contributed by atoms with Crippen LogP contribution in [0.2, 0.25) is 0 Å². The zero-order valence-corrected chi connectivity index (χ0v) is 20.8. The molecular weight excluding hydrogens is 446 g/mol. The predicted octanol–water partition coefficient (Wildman–Crippen LogP) is 2.97. The van der Waals surface area contributed by atoms with Gasteiger partial charge in [0.25, 0.3) is 0 Å². The minimum absolute atomic E-state index is 0.0454. The molecule has 3 aliphatic rings. The van der Waals surface area contributed by atoms with Crippen molar-refractivity contribution in [3.8, 4) is 17.1 Å². The average molecular weight is 484 g/mol. The summed E-state index contributed by atoms with van der Waals surface area (Å²) < 4.78 is 16.4. The van der Waals surface area contributed by atoms with Crippen molar-refractivity contribution in [3.05, 3.63) is 24.3 Å². The first-order valence-electron chi connectivity index (χ1n) is 13.0. The van der Waals surface area contributed by atoms with Gasteiger partial charge in [0, 0.05) is 50.3 Å². The van der Waals surface area contributed by atoms with Gasteiger partial charge in [0.05, 0.1) is 13.2 Å². The number of amides is 1. The first-order chi connectivity index (χ1) is 17.1. The molecule has 3 saturated heterocycles. The molecule has 3 aliphatic heterocycles. The number of carbonyl (C=O) groups is 1. The SMILES string of the molecule is COc1ccc(-c2noc(N3CCC(C(=O)NCC4CCN(C5CCOC(C)C5)C4)CC3)n2)cc1. The Morgan fingerprint density at radius 3 is 2.69 bits per heavy atom. The molecule has 0 saturated carbocycles. The summed E-state index contributed by atoms with van der Waals surface area (Å²) in [6.45, 7) is 7.52. The number of nitrogens with one attached hydrogen (secondary N) is 1. The molecule has 1 aromatic carbocycles. The van der Waals surface area contributed by atoms with Gasteiger partial charge in [-0.05, 0) is 75.8 Å². The smallest absolute Gasteiger partial charge is 0.324 e. The molecule has 4 heterocycles. The van der Waals surface area contributed by atoms with Crippen molar-refractivity contribution in [1.29, 1.82) is 0 Å². The number of benzene rings is 1. The molecule has 5 rings (SSSR count). The van der Waals surface area contributed by atoms with Crippen LogP contribution in [0.5, 0.6) is 5.75 Å². The minimum Gasteiger partial charge on any atom is -0.497 e. The highest BCUT2D eigenvalue weighted by molar-refractivity contribution is 5.79. The molecule has 1 N–H and O–H groups in total. The second kappa shape index (κ2) is 11.0. The zero-order chi connectivity index (χ0) is 24.2. The van der Waals surface area contributed by atoms with Crippen molar-refractivity contribution in [1.82, 2.24) is 20.4 Å². The highest BCUT2D eigenvalue weighted by atomic mass is 16.5. The van der Waals surface area contributed by atoms with Crippen LogP contribution in [-0.4, -0.2) is 79.5 Å². The lowest BCUT2D eigenvalue weighted by atomic mass is 9.96. The molecule has 0 spiro atoms. The molecule has 3 unspecified atom stereocenters. The predicted molar refractivity (Wildman–Crippen MR) is 132 cm³/mol. The Hall–Kier alpha value is -2.65. The van der Waals surface area contributed by atoms with Crippen molar-refractivity contribution >= 4 is 11.9 Å². The molecular formula is C26H37N5O4. The summed E-state index contributed by atoms with van der Waals surface area (Å²) in [4.78, 5) is 22.1. The zero-order valence-electron chi connectivity index (χ0n) is 20.8. The number of nitrogens with zero attached hydrogens (tertiary/aromatic N) is 4. The number of carbonyl (C=O) groups excluding carboxylic acids is 1. The summed E-state index contributed by atoms with van der Waals surface area (Å²) in [5.41, 5.74) is 0.881. The third kappa shape index (κ3) is 5.78. The van der Waals surface area contributed by atoms with E-state index >= 15 is 0 Å². The number of hydrogen-bond donors (Lipinski definition) is 1. The molecule has 190 valence electrons. The van der Waals surface area contributed by atoms with Gasteiger partial charge in [0.15, 0.2) is 0 Å². The standard InChI is InChI=1S/C26H37N5O4/c1-18-15-22(10-14-34-18)31-11-7-19(17-31)16-27-25(32)21-8-12-30(13-9-21)26-28-24(29-35-26)20-3-5-23(33-2)6-4-20/h3-6,18-19,21-22H,7-17H2,1-2H3,(H,27,32). The van der Waals surface area contributed by atoms with Crippen molar-refractivity contribution in [2.24, 2.45) is 11.8 Å². The van der Waals surface area contributed by atoms with Crippen LogP contribution < -0.4 is 15.0 Å². The van der Waals surface area contributed by atoms with E-state index in [1.807, 2.05) is 24.3 Å². The average Bonchev–Trinajstić information content (AvgIpc) is 3.58. The normalized spacial score (nSPS) is 26.1. The van der Waals surface area contributed by atoms with Gasteiger partial charge in [-0.3, -0.25) is 9.69 Å². The number of aromatic nitrogens is 2. The lowest BCUT2D eigenvalue weighted by molar-refractivity contribution is -0.125. The van der Waals surface area contributed by atoms with E-state index in [0.29, 0.717) is 29.9 Å². The summed E-state index contributed by atoms with van der Waals surface area (Å²) in [5, 5.41) is 7.38. The molecule has 0 aliphatic carbocycles. The first-order valence-corrected chi connectivity index (χ1v) is 13.0. The van der Waals surface area contributed by atoms with E-state index < -0.39 is 0 Å². The third-order valence-corrected chi connectivity index (χ3v) is 7.76. The summed E-state index contributed by atoms with van der Waals surface area (Å²) in [6, 6.07) is 8.74. The maximum atomic E-state index is 12.8. The van der Waals surface area contributed by atoms with Crippen molar-refractivity contribution in [2.45, 2.75) is 51.2 Å². The number of anilines is 1. The number of ether oxygens (including phenoxy) is 2. The summed E-state index contributed by atoms with van der Waals surface area (Å²) in [5.74, 6) is 2.13. The lowest BCUT2D eigenvalue weighted by Crippen LogP contribution is -2.43. The molecule has 35 heavy (non-hydrogen) atoms. The highest BCUT2D eigenvalue weighted by Crippen LogP contribution is 2.27. The molecule has 0 radical (unpaired) electrons. The third-order valence-electron chi connectivity index (χ3n) is 7.76. The van der Waals surface area contributed by atoms with Crippen LogP contribution in [0.4, 0.5) is 6.01 Å². The van der Waals surface area contributed by atoms with Gasteiger partial charge in [-0.2, -0.15) is 4.98 Å². The van der Waals surface area contributed by atoms with Crippen LogP contribution in [0, 0.1) is 11.8 Å². The number of piperidine rings is 1. The van der Waals surface area contributed by atoms with E-state index in [1.54, 1.807) is 7.11 Å². The Balaban J connectivity index is 1.05. The number of rotatable bonds is 7. The topological polar surface area (TPSA) is 93.0 Å². The molecule has 0 bridgehead atoms. The Bertz CT molecular complexity index is 972. The first kappa shape index (κ1) is 24.1. The van der Waals surface area contributed by atoms with Gasteiger partial charge >= 0.3 is 6.01 Å². The van der Waals surface area contributed by atoms with Crippen molar-refractivity contribution < 1.29 is 18.8 Å². The lowest BCUT2D eigenvalue weighted by Gasteiger charge is -2.34. The Kier molecular flexibility index (Phi) is 7.53. The van der Waals surface area contributed by atoms with Crippen LogP contribution >= 0.6 is 0 Å². The largest absolute Gasteiger partial charge is 0.497 e. The quantitative estimate of drug-likeness (QED) is 0.643. The van der Waals surface area contributed by atoms with Gasteiger partial charge < -0.3 is 24.2 Å². The second-order valence-corrected chi connectivity index (χ2v) is 10.1. The van der Waals surface area contributed by atoms with Gasteiger partial charge in [0.2, 0.25) is 11.7 Å². The van der Waals surface area contributed by atoms with E-state index in [2.05, 4.69) is 32.2 Å². The summed E-state index contributed by atoms with van der Waals surface area (Å²) in [7, 11) is 1.64. The van der Waals surface area contributed by atoms with E-state index in [9.17, 15) is 4.79 Å². The van der Waals surface area contributed by atoms with E-state index in [0.717, 1.165) is 82.7 Å². The molecule has 1 amide bonds. The van der Waals surface area contributed by atoms with Gasteiger partial charge in [0.1, 0.15) is 5.75 Å². The molecule has 1 aromatic heterocycles. The maximum Gasteiger partial charge on any atom is 0.324 e. The fourth-order valence-corrected chi connectivity index (χ4v) is 5.59. The fourth-order valence-electron chi connectivity index (χ4n) is 5.59. The van der Waals surface area contributed by atoms with Gasteiger partial charge in [-0.25, -0.2) is 0 Å². The highest BCUT2D eigenvalue weighted by Gasteiger charge is 2.32. The van der Waals surface area contributed by atoms with Gasteiger partial charge in [-0.1, -0.05) is 5.16 Å².